The van der Waals surface area contributed by atoms with E-state index in [2.05, 4.69) is 0 Å². The van der Waals surface area contributed by atoms with Gasteiger partial charge < -0.3 is 10.2 Å². The standard InChI is InChI=1S/C6H10O3.C2H6/c7-5-2-1-4(3-5)6(8)9;1-2/h4-5,7H,1-3H2,(H,8,9);1-2H3. The number of aliphatic carboxylic acids is 1. The monoisotopic (exact) mass is 160 g/mol. The van der Waals surface area contributed by atoms with Gasteiger partial charge in [0, 0.05) is 0 Å². The van der Waals surface area contributed by atoms with Crippen molar-refractivity contribution in [3.05, 3.63) is 0 Å². The first-order valence-electron chi connectivity index (χ1n) is 4.11. The molecule has 0 amide bonds. The van der Waals surface area contributed by atoms with Gasteiger partial charge in [0.25, 0.3) is 0 Å². The predicted molar refractivity (Wildman–Crippen MR) is 42.3 cm³/mol. The molecule has 0 bridgehead atoms. The number of carbonyl (C=O) groups is 1. The molecule has 1 rings (SSSR count). The average Bonchev–Trinajstić information content (AvgIpc) is 2.40. The molecule has 0 spiro atoms. The topological polar surface area (TPSA) is 57.5 Å². The summed E-state index contributed by atoms with van der Waals surface area (Å²) in [5.74, 6) is -1.06. The fourth-order valence-corrected chi connectivity index (χ4v) is 1.18. The summed E-state index contributed by atoms with van der Waals surface area (Å²) in [6.45, 7) is 4.00. The Kier molecular flexibility index (Phi) is 4.86. The van der Waals surface area contributed by atoms with E-state index >= 15 is 0 Å². The summed E-state index contributed by atoms with van der Waals surface area (Å²) in [6.07, 6.45) is 1.36. The van der Waals surface area contributed by atoms with Crippen molar-refractivity contribution in [2.45, 2.75) is 39.2 Å². The highest BCUT2D eigenvalue weighted by molar-refractivity contribution is 5.70. The van der Waals surface area contributed by atoms with E-state index in [-0.39, 0.29) is 12.0 Å². The molecule has 3 heteroatoms. The molecule has 2 atom stereocenters. The molecule has 2 N–H and O–H groups in total. The lowest BCUT2D eigenvalue weighted by atomic mass is 10.1. The molecule has 0 heterocycles. The Hall–Kier alpha value is -0.570. The van der Waals surface area contributed by atoms with Gasteiger partial charge in [0.2, 0.25) is 0 Å². The number of aliphatic hydroxyl groups is 1. The quantitative estimate of drug-likeness (QED) is 0.607. The van der Waals surface area contributed by atoms with E-state index in [0.29, 0.717) is 19.3 Å². The van der Waals surface area contributed by atoms with Crippen LogP contribution in [0.4, 0.5) is 0 Å². The molecule has 1 fully saturated rings. The van der Waals surface area contributed by atoms with Crippen molar-refractivity contribution < 1.29 is 15.0 Å². The van der Waals surface area contributed by atoms with Crippen molar-refractivity contribution in [1.29, 1.82) is 0 Å². The van der Waals surface area contributed by atoms with Crippen molar-refractivity contribution >= 4 is 5.97 Å². The lowest BCUT2D eigenvalue weighted by Gasteiger charge is -1.99. The lowest BCUT2D eigenvalue weighted by Crippen LogP contribution is -2.10. The van der Waals surface area contributed by atoms with Gasteiger partial charge >= 0.3 is 5.97 Å². The van der Waals surface area contributed by atoms with E-state index in [4.69, 9.17) is 10.2 Å². The van der Waals surface area contributed by atoms with Gasteiger partial charge in [-0.1, -0.05) is 13.8 Å². The Bertz CT molecular complexity index is 123. The highest BCUT2D eigenvalue weighted by atomic mass is 16.4. The second kappa shape index (κ2) is 5.13. The SMILES string of the molecule is CC.O=C(O)C1CCC(O)C1. The van der Waals surface area contributed by atoms with Crippen LogP contribution in [0.15, 0.2) is 0 Å². The van der Waals surface area contributed by atoms with Crippen LogP contribution in [0.2, 0.25) is 0 Å². The summed E-state index contributed by atoms with van der Waals surface area (Å²) in [6, 6.07) is 0. The third kappa shape index (κ3) is 3.37. The Morgan fingerprint density at radius 3 is 2.09 bits per heavy atom. The highest BCUT2D eigenvalue weighted by Gasteiger charge is 2.27. The molecule has 0 aromatic carbocycles. The van der Waals surface area contributed by atoms with Gasteiger partial charge in [0.05, 0.1) is 12.0 Å². The largest absolute Gasteiger partial charge is 0.481 e. The number of hydrogen-bond donors (Lipinski definition) is 2. The summed E-state index contributed by atoms with van der Waals surface area (Å²) in [5.41, 5.74) is 0. The second-order valence-electron chi connectivity index (χ2n) is 2.50. The van der Waals surface area contributed by atoms with Crippen molar-refractivity contribution in [1.82, 2.24) is 0 Å². The van der Waals surface area contributed by atoms with Crippen LogP contribution in [0.25, 0.3) is 0 Å². The van der Waals surface area contributed by atoms with Gasteiger partial charge in [-0.2, -0.15) is 0 Å². The first-order valence-corrected chi connectivity index (χ1v) is 4.11. The van der Waals surface area contributed by atoms with Crippen LogP contribution >= 0.6 is 0 Å². The molecule has 0 aromatic heterocycles. The first kappa shape index (κ1) is 10.4. The third-order valence-corrected chi connectivity index (χ3v) is 1.75. The zero-order chi connectivity index (χ0) is 8.85. The van der Waals surface area contributed by atoms with Crippen LogP contribution < -0.4 is 0 Å². The summed E-state index contributed by atoms with van der Waals surface area (Å²) < 4.78 is 0. The van der Waals surface area contributed by atoms with Gasteiger partial charge in [-0.3, -0.25) is 4.79 Å². The Labute approximate surface area is 67.0 Å². The molecule has 2 unspecified atom stereocenters. The predicted octanol–water partition coefficient (Wildman–Crippen LogP) is 1.26. The minimum atomic E-state index is -0.772. The maximum absolute atomic E-state index is 10.2. The maximum Gasteiger partial charge on any atom is 0.306 e. The van der Waals surface area contributed by atoms with Crippen LogP contribution in [-0.4, -0.2) is 22.3 Å². The number of aliphatic hydroxyl groups excluding tert-OH is 1. The molecule has 0 saturated heterocycles. The zero-order valence-electron chi connectivity index (χ0n) is 7.08. The average molecular weight is 160 g/mol. The van der Waals surface area contributed by atoms with Crippen molar-refractivity contribution in [2.75, 3.05) is 0 Å². The van der Waals surface area contributed by atoms with E-state index in [1.165, 1.54) is 0 Å². The molecule has 0 radical (unpaired) electrons. The van der Waals surface area contributed by atoms with E-state index < -0.39 is 5.97 Å². The van der Waals surface area contributed by atoms with E-state index in [1.807, 2.05) is 13.8 Å². The zero-order valence-corrected chi connectivity index (χ0v) is 7.08. The van der Waals surface area contributed by atoms with E-state index in [0.717, 1.165) is 0 Å². The molecule has 11 heavy (non-hydrogen) atoms. The van der Waals surface area contributed by atoms with Crippen LogP contribution in [0.3, 0.4) is 0 Å². The van der Waals surface area contributed by atoms with Gasteiger partial charge in [-0.05, 0) is 19.3 Å². The van der Waals surface area contributed by atoms with Gasteiger partial charge in [-0.15, -0.1) is 0 Å². The molecule has 1 aliphatic carbocycles. The Morgan fingerprint density at radius 2 is 1.91 bits per heavy atom. The highest BCUT2D eigenvalue weighted by Crippen LogP contribution is 2.24. The second-order valence-corrected chi connectivity index (χ2v) is 2.50. The minimum absolute atomic E-state index is 0.292. The smallest absolute Gasteiger partial charge is 0.306 e. The molecule has 1 saturated carbocycles. The lowest BCUT2D eigenvalue weighted by molar-refractivity contribution is -0.141. The van der Waals surface area contributed by atoms with Gasteiger partial charge in [0.1, 0.15) is 0 Å². The minimum Gasteiger partial charge on any atom is -0.481 e. The Balaban J connectivity index is 0.000000461. The van der Waals surface area contributed by atoms with Crippen molar-refractivity contribution in [3.63, 3.8) is 0 Å². The van der Waals surface area contributed by atoms with Gasteiger partial charge in [-0.25, -0.2) is 0 Å². The fourth-order valence-electron chi connectivity index (χ4n) is 1.18. The van der Waals surface area contributed by atoms with Crippen LogP contribution in [-0.2, 0) is 4.79 Å². The molecule has 0 aromatic rings. The summed E-state index contributed by atoms with van der Waals surface area (Å²) >= 11 is 0. The first-order chi connectivity index (χ1) is 5.20. The summed E-state index contributed by atoms with van der Waals surface area (Å²) in [7, 11) is 0. The van der Waals surface area contributed by atoms with Crippen LogP contribution in [0.1, 0.15) is 33.1 Å². The van der Waals surface area contributed by atoms with Crippen molar-refractivity contribution in [3.8, 4) is 0 Å². The van der Waals surface area contributed by atoms with Gasteiger partial charge in [0.15, 0.2) is 0 Å². The number of rotatable bonds is 1. The molecule has 3 nitrogen and oxygen atoms in total. The number of hydrogen-bond acceptors (Lipinski definition) is 2. The Morgan fingerprint density at radius 1 is 1.36 bits per heavy atom. The van der Waals surface area contributed by atoms with Crippen LogP contribution in [0, 0.1) is 5.92 Å². The number of carboxylic acids is 1. The molecule has 66 valence electrons. The third-order valence-electron chi connectivity index (χ3n) is 1.75. The van der Waals surface area contributed by atoms with E-state index in [9.17, 15) is 4.79 Å². The summed E-state index contributed by atoms with van der Waals surface area (Å²) in [5, 5.41) is 17.3. The molecular formula is C8H16O3. The van der Waals surface area contributed by atoms with Crippen molar-refractivity contribution in [2.24, 2.45) is 5.92 Å². The molecule has 0 aliphatic heterocycles. The van der Waals surface area contributed by atoms with E-state index in [1.54, 1.807) is 0 Å². The molecular weight excluding hydrogens is 144 g/mol. The molecule has 1 aliphatic rings. The van der Waals surface area contributed by atoms with Crippen LogP contribution in [0.5, 0.6) is 0 Å². The fraction of sp³-hybridized carbons (Fsp3) is 0.875. The summed E-state index contributed by atoms with van der Waals surface area (Å²) in [4.78, 5) is 10.2. The number of carboxylic acid groups (broad SMARTS) is 1. The maximum atomic E-state index is 10.2. The normalized spacial score (nSPS) is 29.0.